The van der Waals surface area contributed by atoms with Gasteiger partial charge in [-0.25, -0.2) is 0 Å². The predicted octanol–water partition coefficient (Wildman–Crippen LogP) is 2.30. The van der Waals surface area contributed by atoms with Gasteiger partial charge in [0.1, 0.15) is 0 Å². The molecule has 1 aromatic rings. The molecular weight excluding hydrogens is 188 g/mol. The van der Waals surface area contributed by atoms with E-state index < -0.39 is 0 Å². The van der Waals surface area contributed by atoms with Gasteiger partial charge in [0.05, 0.1) is 12.3 Å². The number of aliphatic hydroxyl groups excluding tert-OH is 1. The van der Waals surface area contributed by atoms with Crippen LogP contribution in [0.4, 0.5) is 0 Å². The highest BCUT2D eigenvalue weighted by molar-refractivity contribution is 5.25. The molecule has 0 unspecified atom stereocenters. The van der Waals surface area contributed by atoms with Gasteiger partial charge in [-0.1, -0.05) is 27.2 Å². The molecule has 15 heavy (non-hydrogen) atoms. The molecule has 1 aromatic heterocycles. The summed E-state index contributed by atoms with van der Waals surface area (Å²) in [6.45, 7) is 7.50. The summed E-state index contributed by atoms with van der Waals surface area (Å²) < 4.78 is 2.08. The quantitative estimate of drug-likeness (QED) is 0.782. The molecule has 0 bridgehead atoms. The van der Waals surface area contributed by atoms with Gasteiger partial charge >= 0.3 is 0 Å². The number of hydrogen-bond donors (Lipinski definition) is 1. The standard InChI is InChI=1S/C12H22N2O/c1-4-7-8-14-12(6-3)10(9-15)11(5-2)13-14/h15H,4-9H2,1-3H3. The average molecular weight is 210 g/mol. The third kappa shape index (κ3) is 2.59. The molecule has 0 amide bonds. The lowest BCUT2D eigenvalue weighted by Gasteiger charge is -2.05. The fraction of sp³-hybridized carbons (Fsp3) is 0.750. The fourth-order valence-electron chi connectivity index (χ4n) is 1.94. The van der Waals surface area contributed by atoms with Crippen LogP contribution in [0.1, 0.15) is 50.6 Å². The first-order chi connectivity index (χ1) is 7.28. The lowest BCUT2D eigenvalue weighted by atomic mass is 10.1. The summed E-state index contributed by atoms with van der Waals surface area (Å²) in [5.41, 5.74) is 3.32. The summed E-state index contributed by atoms with van der Waals surface area (Å²) in [6, 6.07) is 0. The first-order valence-electron chi connectivity index (χ1n) is 5.96. The minimum Gasteiger partial charge on any atom is -0.392 e. The Balaban J connectivity index is 2.98. The number of hydrogen-bond acceptors (Lipinski definition) is 2. The lowest BCUT2D eigenvalue weighted by Crippen LogP contribution is -2.05. The maximum Gasteiger partial charge on any atom is 0.0718 e. The lowest BCUT2D eigenvalue weighted by molar-refractivity contribution is 0.279. The Morgan fingerprint density at radius 2 is 1.93 bits per heavy atom. The van der Waals surface area contributed by atoms with Crippen molar-refractivity contribution in [2.75, 3.05) is 0 Å². The van der Waals surface area contributed by atoms with Crippen LogP contribution in [0.3, 0.4) is 0 Å². The van der Waals surface area contributed by atoms with Crippen LogP contribution < -0.4 is 0 Å². The molecule has 0 spiro atoms. The Morgan fingerprint density at radius 1 is 1.20 bits per heavy atom. The van der Waals surface area contributed by atoms with Crippen LogP contribution in [-0.4, -0.2) is 14.9 Å². The molecule has 0 aromatic carbocycles. The largest absolute Gasteiger partial charge is 0.392 e. The zero-order chi connectivity index (χ0) is 11.3. The smallest absolute Gasteiger partial charge is 0.0718 e. The van der Waals surface area contributed by atoms with E-state index in [0.717, 1.165) is 37.1 Å². The van der Waals surface area contributed by atoms with Gasteiger partial charge in [0, 0.05) is 17.8 Å². The zero-order valence-electron chi connectivity index (χ0n) is 10.1. The first-order valence-corrected chi connectivity index (χ1v) is 5.96. The van der Waals surface area contributed by atoms with E-state index in [9.17, 15) is 5.11 Å². The van der Waals surface area contributed by atoms with Gasteiger partial charge in [-0.2, -0.15) is 5.10 Å². The molecule has 1 N–H and O–H groups in total. The molecule has 86 valence electrons. The minimum atomic E-state index is 0.123. The summed E-state index contributed by atoms with van der Waals surface area (Å²) in [4.78, 5) is 0. The number of rotatable bonds is 6. The summed E-state index contributed by atoms with van der Waals surface area (Å²) in [7, 11) is 0. The molecule has 0 radical (unpaired) electrons. The topological polar surface area (TPSA) is 38.0 Å². The average Bonchev–Trinajstić information content (AvgIpc) is 2.62. The summed E-state index contributed by atoms with van der Waals surface area (Å²) in [5, 5.41) is 13.9. The van der Waals surface area contributed by atoms with Crippen molar-refractivity contribution in [3.05, 3.63) is 17.0 Å². The van der Waals surface area contributed by atoms with Crippen LogP contribution in [0.5, 0.6) is 0 Å². The van der Waals surface area contributed by atoms with Crippen LogP contribution in [0.2, 0.25) is 0 Å². The SMILES string of the molecule is CCCCn1nc(CC)c(CO)c1CC. The van der Waals surface area contributed by atoms with Gasteiger partial charge in [0.2, 0.25) is 0 Å². The van der Waals surface area contributed by atoms with Crippen LogP contribution in [-0.2, 0) is 26.0 Å². The number of aryl methyl sites for hydroxylation is 2. The number of aromatic nitrogens is 2. The van der Waals surface area contributed by atoms with Crippen molar-refractivity contribution >= 4 is 0 Å². The molecule has 1 heterocycles. The monoisotopic (exact) mass is 210 g/mol. The van der Waals surface area contributed by atoms with E-state index in [4.69, 9.17) is 0 Å². The van der Waals surface area contributed by atoms with Gasteiger partial charge in [-0.05, 0) is 19.3 Å². The molecule has 0 saturated heterocycles. The molecular formula is C12H22N2O. The van der Waals surface area contributed by atoms with Crippen LogP contribution in [0.15, 0.2) is 0 Å². The van der Waals surface area contributed by atoms with Crippen LogP contribution in [0.25, 0.3) is 0 Å². The maximum atomic E-state index is 9.35. The number of unbranched alkanes of at least 4 members (excludes halogenated alkanes) is 1. The van der Waals surface area contributed by atoms with Gasteiger partial charge in [0.15, 0.2) is 0 Å². The maximum absolute atomic E-state index is 9.35. The Kier molecular flexibility index (Phi) is 4.82. The fourth-order valence-corrected chi connectivity index (χ4v) is 1.94. The van der Waals surface area contributed by atoms with Crippen molar-refractivity contribution in [2.45, 2.75) is 59.6 Å². The van der Waals surface area contributed by atoms with Crippen molar-refractivity contribution in [3.63, 3.8) is 0 Å². The highest BCUT2D eigenvalue weighted by Crippen LogP contribution is 2.16. The van der Waals surface area contributed by atoms with Crippen molar-refractivity contribution in [3.8, 4) is 0 Å². The Hall–Kier alpha value is -0.830. The van der Waals surface area contributed by atoms with E-state index in [0.29, 0.717) is 0 Å². The second-order valence-electron chi connectivity index (χ2n) is 3.81. The molecule has 0 atom stereocenters. The van der Waals surface area contributed by atoms with E-state index >= 15 is 0 Å². The van der Waals surface area contributed by atoms with E-state index in [-0.39, 0.29) is 6.61 Å². The van der Waals surface area contributed by atoms with E-state index in [1.807, 2.05) is 0 Å². The highest BCUT2D eigenvalue weighted by atomic mass is 16.3. The summed E-state index contributed by atoms with van der Waals surface area (Å²) in [5.74, 6) is 0. The van der Waals surface area contributed by atoms with Crippen LogP contribution >= 0.6 is 0 Å². The summed E-state index contributed by atoms with van der Waals surface area (Å²) in [6.07, 6.45) is 4.19. The number of aliphatic hydroxyl groups is 1. The molecule has 0 aliphatic rings. The summed E-state index contributed by atoms with van der Waals surface area (Å²) >= 11 is 0. The van der Waals surface area contributed by atoms with Gasteiger partial charge in [-0.3, -0.25) is 4.68 Å². The Labute approximate surface area is 92.1 Å². The van der Waals surface area contributed by atoms with Crippen molar-refractivity contribution < 1.29 is 5.11 Å². The molecule has 3 nitrogen and oxygen atoms in total. The van der Waals surface area contributed by atoms with Crippen molar-refractivity contribution in [1.82, 2.24) is 9.78 Å². The third-order valence-electron chi connectivity index (χ3n) is 2.80. The molecule has 0 aliphatic carbocycles. The first kappa shape index (κ1) is 12.2. The molecule has 3 heteroatoms. The third-order valence-corrected chi connectivity index (χ3v) is 2.80. The zero-order valence-corrected chi connectivity index (χ0v) is 10.1. The van der Waals surface area contributed by atoms with Gasteiger partial charge in [0.25, 0.3) is 0 Å². The van der Waals surface area contributed by atoms with Crippen molar-refractivity contribution in [2.24, 2.45) is 0 Å². The second-order valence-corrected chi connectivity index (χ2v) is 3.81. The highest BCUT2D eigenvalue weighted by Gasteiger charge is 2.13. The van der Waals surface area contributed by atoms with E-state index in [2.05, 4.69) is 30.6 Å². The minimum absolute atomic E-state index is 0.123. The van der Waals surface area contributed by atoms with Crippen molar-refractivity contribution in [1.29, 1.82) is 0 Å². The normalized spacial score (nSPS) is 10.9. The molecule has 0 aliphatic heterocycles. The van der Waals surface area contributed by atoms with Gasteiger partial charge in [-0.15, -0.1) is 0 Å². The van der Waals surface area contributed by atoms with E-state index in [1.54, 1.807) is 0 Å². The molecule has 1 rings (SSSR count). The molecule has 0 saturated carbocycles. The second kappa shape index (κ2) is 5.91. The van der Waals surface area contributed by atoms with Crippen LogP contribution in [0, 0.1) is 0 Å². The Bertz CT molecular complexity index is 305. The Morgan fingerprint density at radius 3 is 2.40 bits per heavy atom. The predicted molar refractivity (Wildman–Crippen MR) is 61.8 cm³/mol. The van der Waals surface area contributed by atoms with E-state index in [1.165, 1.54) is 12.1 Å². The number of nitrogens with zero attached hydrogens (tertiary/aromatic N) is 2. The van der Waals surface area contributed by atoms with Gasteiger partial charge < -0.3 is 5.11 Å². The molecule has 0 fully saturated rings.